The third-order valence-corrected chi connectivity index (χ3v) is 5.06. The van der Waals surface area contributed by atoms with Gasteiger partial charge in [0.25, 0.3) is 0 Å². The van der Waals surface area contributed by atoms with Gasteiger partial charge in [0.15, 0.2) is 0 Å². The molecule has 2 aromatic rings. The van der Waals surface area contributed by atoms with Gasteiger partial charge in [-0.3, -0.25) is 0 Å². The Hall–Kier alpha value is -1.07. The molecule has 0 fully saturated rings. The molecule has 0 unspecified atom stereocenters. The average Bonchev–Trinajstić information content (AvgIpc) is 2.46. The van der Waals surface area contributed by atoms with Crippen molar-refractivity contribution in [2.75, 3.05) is 0 Å². The van der Waals surface area contributed by atoms with E-state index in [0.717, 1.165) is 9.18 Å². The number of carbonyl (C=O) groups is 1. The van der Waals surface area contributed by atoms with E-state index in [9.17, 15) is 4.79 Å². The van der Waals surface area contributed by atoms with Gasteiger partial charge in [0, 0.05) is 0 Å². The number of hydrogen-bond acceptors (Lipinski definition) is 1. The van der Waals surface area contributed by atoms with Gasteiger partial charge in [-0.1, -0.05) is 0 Å². The van der Waals surface area contributed by atoms with Crippen LogP contribution in [0.4, 0.5) is 0 Å². The number of hydrogen-bond donors (Lipinski definition) is 0. The molecular weight excluding hydrogens is 359 g/mol. The molecular formula is C15H11ClOTe. The molecule has 3 heteroatoms. The Balaban J connectivity index is 2.29. The Morgan fingerprint density at radius 2 is 1.39 bits per heavy atom. The number of carbonyl (C=O) groups excluding carboxylic acids is 1. The van der Waals surface area contributed by atoms with Crippen molar-refractivity contribution in [1.82, 2.24) is 0 Å². The van der Waals surface area contributed by atoms with Crippen LogP contribution < -0.4 is 0 Å². The molecule has 90 valence electrons. The van der Waals surface area contributed by atoms with Crippen LogP contribution in [0.2, 0.25) is 0 Å². The summed E-state index contributed by atoms with van der Waals surface area (Å²) in [7, 11) is 6.04. The van der Waals surface area contributed by atoms with Gasteiger partial charge in [0.1, 0.15) is 0 Å². The second-order valence-electron chi connectivity index (χ2n) is 3.68. The van der Waals surface area contributed by atoms with Gasteiger partial charge in [0.05, 0.1) is 0 Å². The van der Waals surface area contributed by atoms with Gasteiger partial charge in [-0.2, -0.15) is 0 Å². The standard InChI is InChI=1S/C15H11ClOTe/c16-18-15(13-9-5-2-6-10-13)11-14(17)12-7-3-1-4-8-12/h1-11H/b15-11-. The first-order valence-corrected chi connectivity index (χ1v) is 9.58. The quantitative estimate of drug-likeness (QED) is 0.455. The number of ketones is 1. The Labute approximate surface area is 120 Å². The van der Waals surface area contributed by atoms with Crippen LogP contribution in [-0.4, -0.2) is 25.6 Å². The summed E-state index contributed by atoms with van der Waals surface area (Å²) in [6.07, 6.45) is 1.67. The van der Waals surface area contributed by atoms with Crippen molar-refractivity contribution in [2.24, 2.45) is 0 Å². The zero-order chi connectivity index (χ0) is 12.8. The molecule has 0 aliphatic rings. The Morgan fingerprint density at radius 3 is 1.89 bits per heavy atom. The van der Waals surface area contributed by atoms with Crippen molar-refractivity contribution in [2.45, 2.75) is 0 Å². The van der Waals surface area contributed by atoms with Gasteiger partial charge in [0.2, 0.25) is 0 Å². The maximum atomic E-state index is 12.1. The third-order valence-electron chi connectivity index (χ3n) is 2.46. The van der Waals surface area contributed by atoms with Crippen molar-refractivity contribution in [3.8, 4) is 0 Å². The molecule has 0 N–H and O–H groups in total. The van der Waals surface area contributed by atoms with Crippen LogP contribution in [0.5, 0.6) is 0 Å². The topological polar surface area (TPSA) is 17.1 Å². The van der Waals surface area contributed by atoms with E-state index in [-0.39, 0.29) is 5.78 Å². The van der Waals surface area contributed by atoms with Gasteiger partial charge >= 0.3 is 121 Å². The number of allylic oxidation sites excluding steroid dienone is 1. The molecule has 0 atom stereocenters. The number of benzene rings is 2. The summed E-state index contributed by atoms with van der Waals surface area (Å²) in [5.74, 6) is 0.0141. The van der Waals surface area contributed by atoms with Gasteiger partial charge < -0.3 is 0 Å². The first kappa shape index (κ1) is 13.4. The summed E-state index contributed by atoms with van der Waals surface area (Å²) in [6, 6.07) is 19.1. The first-order valence-electron chi connectivity index (χ1n) is 5.46. The molecule has 0 spiro atoms. The van der Waals surface area contributed by atoms with E-state index in [1.807, 2.05) is 60.7 Å². The monoisotopic (exact) mass is 372 g/mol. The third kappa shape index (κ3) is 3.46. The van der Waals surface area contributed by atoms with Crippen LogP contribution in [-0.2, 0) is 0 Å². The van der Waals surface area contributed by atoms with E-state index >= 15 is 0 Å². The minimum absolute atomic E-state index is 0.0141. The molecule has 2 rings (SSSR count). The van der Waals surface area contributed by atoms with E-state index in [0.29, 0.717) is 5.56 Å². The molecule has 0 aliphatic heterocycles. The Morgan fingerprint density at radius 1 is 0.889 bits per heavy atom. The van der Waals surface area contributed by atoms with E-state index in [1.54, 1.807) is 6.08 Å². The van der Waals surface area contributed by atoms with Crippen molar-refractivity contribution in [3.63, 3.8) is 0 Å². The number of halogens is 1. The normalized spacial score (nSPS) is 11.3. The predicted molar refractivity (Wildman–Crippen MR) is 76.8 cm³/mol. The molecule has 0 saturated carbocycles. The fraction of sp³-hybridized carbons (Fsp3) is 0. The summed E-state index contributed by atoms with van der Waals surface area (Å²) in [5, 5.41) is 0. The van der Waals surface area contributed by atoms with Crippen LogP contribution in [0, 0.1) is 0 Å². The summed E-state index contributed by atoms with van der Waals surface area (Å²) in [6.45, 7) is 0. The van der Waals surface area contributed by atoms with E-state index in [1.165, 1.54) is 0 Å². The summed E-state index contributed by atoms with van der Waals surface area (Å²) in [4.78, 5) is 12.1. The first-order chi connectivity index (χ1) is 8.81. The van der Waals surface area contributed by atoms with Crippen molar-refractivity contribution in [3.05, 3.63) is 77.9 Å². The van der Waals surface area contributed by atoms with Crippen molar-refractivity contribution < 1.29 is 4.79 Å². The molecule has 1 nitrogen and oxygen atoms in total. The second-order valence-corrected chi connectivity index (χ2v) is 6.41. The molecule has 0 aromatic heterocycles. The molecule has 0 aliphatic carbocycles. The zero-order valence-corrected chi connectivity index (χ0v) is 12.6. The van der Waals surface area contributed by atoms with E-state index in [4.69, 9.17) is 8.96 Å². The maximum absolute atomic E-state index is 12.1. The summed E-state index contributed by atoms with van der Waals surface area (Å²) < 4.78 is 0.969. The summed E-state index contributed by atoms with van der Waals surface area (Å²) >= 11 is -0.827. The molecule has 0 saturated heterocycles. The van der Waals surface area contributed by atoms with Gasteiger partial charge in [-0.15, -0.1) is 0 Å². The van der Waals surface area contributed by atoms with Crippen molar-refractivity contribution >= 4 is 38.2 Å². The van der Waals surface area contributed by atoms with Gasteiger partial charge in [-0.05, 0) is 0 Å². The summed E-state index contributed by atoms with van der Waals surface area (Å²) in [5.41, 5.74) is 1.74. The van der Waals surface area contributed by atoms with Crippen LogP contribution in [0.1, 0.15) is 15.9 Å². The number of rotatable bonds is 4. The predicted octanol–water partition coefficient (Wildman–Crippen LogP) is 3.77. The van der Waals surface area contributed by atoms with Crippen LogP contribution >= 0.6 is 8.96 Å². The SMILES string of the molecule is O=C(/C=C(\[Te]Cl)c1ccccc1)c1ccccc1. The van der Waals surface area contributed by atoms with Crippen molar-refractivity contribution in [1.29, 1.82) is 0 Å². The van der Waals surface area contributed by atoms with Crippen LogP contribution in [0.25, 0.3) is 3.62 Å². The molecule has 0 bridgehead atoms. The fourth-order valence-electron chi connectivity index (χ4n) is 1.56. The Kier molecular flexibility index (Phi) is 5.01. The average molecular weight is 370 g/mol. The molecule has 0 amide bonds. The molecule has 2 aromatic carbocycles. The molecule has 0 radical (unpaired) electrons. The Bertz CT molecular complexity index is 549. The zero-order valence-electron chi connectivity index (χ0n) is 9.55. The van der Waals surface area contributed by atoms with E-state index < -0.39 is 19.8 Å². The molecule has 0 heterocycles. The second kappa shape index (κ2) is 6.75. The fourth-order valence-corrected chi connectivity index (χ4v) is 3.53. The minimum atomic E-state index is -0.827. The van der Waals surface area contributed by atoms with Gasteiger partial charge in [-0.25, -0.2) is 0 Å². The van der Waals surface area contributed by atoms with E-state index in [2.05, 4.69) is 0 Å². The van der Waals surface area contributed by atoms with Crippen LogP contribution in [0.15, 0.2) is 66.7 Å². The van der Waals surface area contributed by atoms with Crippen LogP contribution in [0.3, 0.4) is 0 Å². The molecule has 18 heavy (non-hydrogen) atoms.